The molecule has 0 aliphatic carbocycles. The maximum absolute atomic E-state index is 12.1. The molecule has 4 rings (SSSR count). The van der Waals surface area contributed by atoms with Crippen LogP contribution in [0.3, 0.4) is 0 Å². The Balaban J connectivity index is 1.60. The zero-order valence-corrected chi connectivity index (χ0v) is 19.2. The number of piperidine rings is 2. The number of amides is 1. The van der Waals surface area contributed by atoms with Gasteiger partial charge in [0.05, 0.1) is 5.37 Å². The number of hydrogen-bond donors (Lipinski definition) is 3. The molecule has 6 heteroatoms. The Morgan fingerprint density at radius 2 is 1.86 bits per heavy atom. The highest BCUT2D eigenvalue weighted by molar-refractivity contribution is 7.80. The Morgan fingerprint density at radius 3 is 2.43 bits per heavy atom. The summed E-state index contributed by atoms with van der Waals surface area (Å²) >= 11 is 4.89. The standard InChI is InChI=1S/C22H40N4OS/c1-16(28)26-15-17(13-22(26)7-10-23-11-8-22)18-14-21(6-5-19(27)24-21)9-12-25(18)20(2,3)4/h16-18,23,28H,5-15H2,1-4H3,(H,24,27). The summed E-state index contributed by atoms with van der Waals surface area (Å²) in [6.45, 7) is 13.8. The SMILES string of the molecule is CC(S)N1CC(C2CC3(CCC(=O)N3)CCN2C(C)(C)C)CC12CCNCC2. The van der Waals surface area contributed by atoms with Crippen molar-refractivity contribution in [3.63, 3.8) is 0 Å². The second-order valence-electron chi connectivity index (χ2n) is 10.9. The zero-order valence-electron chi connectivity index (χ0n) is 18.3. The summed E-state index contributed by atoms with van der Waals surface area (Å²) < 4.78 is 0. The molecular weight excluding hydrogens is 368 g/mol. The molecule has 5 nitrogen and oxygen atoms in total. The van der Waals surface area contributed by atoms with Crippen molar-refractivity contribution in [3.8, 4) is 0 Å². The molecule has 2 N–H and O–H groups in total. The van der Waals surface area contributed by atoms with E-state index in [1.54, 1.807) is 0 Å². The van der Waals surface area contributed by atoms with E-state index in [2.05, 4.69) is 48.1 Å². The van der Waals surface area contributed by atoms with Gasteiger partial charge in [0.15, 0.2) is 0 Å². The molecule has 1 amide bonds. The monoisotopic (exact) mass is 408 g/mol. The third-order valence-electron chi connectivity index (χ3n) is 8.14. The summed E-state index contributed by atoms with van der Waals surface area (Å²) in [5, 5.41) is 7.25. The lowest BCUT2D eigenvalue weighted by Crippen LogP contribution is -2.62. The number of nitrogens with one attached hydrogen (secondary N) is 2. The molecule has 2 spiro atoms. The fourth-order valence-electron chi connectivity index (χ4n) is 6.79. The Hall–Kier alpha value is -0.300. The molecule has 4 aliphatic rings. The number of thiol groups is 1. The van der Waals surface area contributed by atoms with Crippen LogP contribution in [0, 0.1) is 5.92 Å². The maximum Gasteiger partial charge on any atom is 0.220 e. The van der Waals surface area contributed by atoms with E-state index in [0.29, 0.717) is 29.3 Å². The van der Waals surface area contributed by atoms with E-state index in [-0.39, 0.29) is 17.0 Å². The Labute approximate surface area is 176 Å². The fourth-order valence-corrected chi connectivity index (χ4v) is 7.13. The molecule has 4 atom stereocenters. The predicted octanol–water partition coefficient (Wildman–Crippen LogP) is 2.62. The number of hydrogen-bond acceptors (Lipinski definition) is 5. The largest absolute Gasteiger partial charge is 0.351 e. The van der Waals surface area contributed by atoms with Crippen LogP contribution < -0.4 is 10.6 Å². The third-order valence-corrected chi connectivity index (χ3v) is 8.42. The second-order valence-corrected chi connectivity index (χ2v) is 11.7. The minimum atomic E-state index is 0.0464. The van der Waals surface area contributed by atoms with E-state index in [0.717, 1.165) is 45.4 Å². The molecule has 4 aliphatic heterocycles. The number of rotatable bonds is 2. The van der Waals surface area contributed by atoms with Crippen LogP contribution in [0.15, 0.2) is 0 Å². The van der Waals surface area contributed by atoms with Gasteiger partial charge in [-0.1, -0.05) is 0 Å². The van der Waals surface area contributed by atoms with Crippen LogP contribution in [-0.4, -0.2) is 69.9 Å². The summed E-state index contributed by atoms with van der Waals surface area (Å²) in [6, 6.07) is 0.538. The van der Waals surface area contributed by atoms with Gasteiger partial charge in [0.25, 0.3) is 0 Å². The van der Waals surface area contributed by atoms with Gasteiger partial charge in [0.2, 0.25) is 5.91 Å². The van der Waals surface area contributed by atoms with Gasteiger partial charge in [-0.3, -0.25) is 14.6 Å². The maximum atomic E-state index is 12.1. The fraction of sp³-hybridized carbons (Fsp3) is 0.955. The van der Waals surface area contributed by atoms with Crippen LogP contribution in [0.1, 0.15) is 72.6 Å². The molecule has 0 radical (unpaired) electrons. The van der Waals surface area contributed by atoms with Gasteiger partial charge in [0, 0.05) is 42.2 Å². The van der Waals surface area contributed by atoms with Crippen molar-refractivity contribution in [1.82, 2.24) is 20.4 Å². The van der Waals surface area contributed by atoms with E-state index in [1.807, 2.05) is 0 Å². The quantitative estimate of drug-likeness (QED) is 0.615. The van der Waals surface area contributed by atoms with E-state index in [9.17, 15) is 4.79 Å². The lowest BCUT2D eigenvalue weighted by atomic mass is 9.73. The molecule has 4 unspecified atom stereocenters. The van der Waals surface area contributed by atoms with Crippen molar-refractivity contribution in [2.75, 3.05) is 26.2 Å². The Kier molecular flexibility index (Phi) is 5.56. The predicted molar refractivity (Wildman–Crippen MR) is 118 cm³/mol. The summed E-state index contributed by atoms with van der Waals surface area (Å²) in [7, 11) is 0. The van der Waals surface area contributed by atoms with Gasteiger partial charge in [-0.25, -0.2) is 0 Å². The van der Waals surface area contributed by atoms with E-state index in [1.165, 1.54) is 19.3 Å². The second kappa shape index (κ2) is 7.44. The highest BCUT2D eigenvalue weighted by Crippen LogP contribution is 2.48. The number of carbonyl (C=O) groups is 1. The molecule has 4 heterocycles. The third kappa shape index (κ3) is 3.75. The van der Waals surface area contributed by atoms with Crippen molar-refractivity contribution in [2.45, 2.75) is 101 Å². The first-order chi connectivity index (χ1) is 13.1. The average molecular weight is 409 g/mol. The van der Waals surface area contributed by atoms with Gasteiger partial charge in [-0.2, -0.15) is 12.6 Å². The summed E-state index contributed by atoms with van der Waals surface area (Å²) in [5.41, 5.74) is 0.519. The highest BCUT2D eigenvalue weighted by atomic mass is 32.1. The van der Waals surface area contributed by atoms with Crippen LogP contribution in [0.25, 0.3) is 0 Å². The first-order valence-electron chi connectivity index (χ1n) is 11.4. The molecule has 0 aromatic carbocycles. The Morgan fingerprint density at radius 1 is 1.14 bits per heavy atom. The van der Waals surface area contributed by atoms with E-state index >= 15 is 0 Å². The molecule has 0 aromatic rings. The van der Waals surface area contributed by atoms with Crippen LogP contribution >= 0.6 is 12.6 Å². The molecule has 0 saturated carbocycles. The van der Waals surface area contributed by atoms with Crippen molar-refractivity contribution in [1.29, 1.82) is 0 Å². The molecule has 0 bridgehead atoms. The van der Waals surface area contributed by atoms with Crippen molar-refractivity contribution in [3.05, 3.63) is 0 Å². The molecule has 0 aromatic heterocycles. The summed E-state index contributed by atoms with van der Waals surface area (Å²) in [6.07, 6.45) is 7.69. The van der Waals surface area contributed by atoms with Crippen LogP contribution in [0.2, 0.25) is 0 Å². The Bertz CT molecular complexity index is 598. The number of likely N-dealkylation sites (tertiary alicyclic amines) is 2. The first kappa shape index (κ1) is 21.0. The number of carbonyl (C=O) groups excluding carboxylic acids is 1. The lowest BCUT2D eigenvalue weighted by molar-refractivity contribution is -0.120. The highest BCUT2D eigenvalue weighted by Gasteiger charge is 2.54. The zero-order chi connectivity index (χ0) is 20.2. The van der Waals surface area contributed by atoms with E-state index in [4.69, 9.17) is 12.6 Å². The number of nitrogens with zero attached hydrogens (tertiary/aromatic N) is 2. The van der Waals surface area contributed by atoms with Crippen LogP contribution in [0.5, 0.6) is 0 Å². The average Bonchev–Trinajstić information content (AvgIpc) is 3.16. The van der Waals surface area contributed by atoms with Gasteiger partial charge >= 0.3 is 0 Å². The first-order valence-corrected chi connectivity index (χ1v) is 11.9. The van der Waals surface area contributed by atoms with Gasteiger partial charge in [0.1, 0.15) is 0 Å². The van der Waals surface area contributed by atoms with E-state index < -0.39 is 0 Å². The lowest BCUT2D eigenvalue weighted by Gasteiger charge is -2.52. The normalized spacial score (nSPS) is 38.2. The van der Waals surface area contributed by atoms with Gasteiger partial charge < -0.3 is 10.6 Å². The molecular formula is C22H40N4OS. The smallest absolute Gasteiger partial charge is 0.220 e. The van der Waals surface area contributed by atoms with Gasteiger partial charge in [-0.15, -0.1) is 0 Å². The van der Waals surface area contributed by atoms with Crippen molar-refractivity contribution in [2.24, 2.45) is 5.92 Å². The minimum absolute atomic E-state index is 0.0464. The summed E-state index contributed by atoms with van der Waals surface area (Å²) in [4.78, 5) is 17.5. The van der Waals surface area contributed by atoms with Crippen LogP contribution in [0.4, 0.5) is 0 Å². The molecule has 28 heavy (non-hydrogen) atoms. The molecule has 160 valence electrons. The summed E-state index contributed by atoms with van der Waals surface area (Å²) in [5.74, 6) is 0.913. The topological polar surface area (TPSA) is 47.6 Å². The van der Waals surface area contributed by atoms with Gasteiger partial charge in [-0.05, 0) is 85.2 Å². The molecule has 4 saturated heterocycles. The molecule has 4 fully saturated rings. The van der Waals surface area contributed by atoms with Crippen molar-refractivity contribution < 1.29 is 4.79 Å². The van der Waals surface area contributed by atoms with Crippen LogP contribution in [-0.2, 0) is 4.79 Å². The van der Waals surface area contributed by atoms with Crippen molar-refractivity contribution >= 4 is 18.5 Å². The minimum Gasteiger partial charge on any atom is -0.351 e.